The second-order valence-corrected chi connectivity index (χ2v) is 4.29. The highest BCUT2D eigenvalue weighted by molar-refractivity contribution is 5.21. The normalized spacial score (nSPS) is 24.5. The molecule has 0 N–H and O–H groups in total. The molecule has 1 fully saturated rings. The lowest BCUT2D eigenvalue weighted by molar-refractivity contribution is 0.00801. The third-order valence-corrected chi connectivity index (χ3v) is 3.09. The van der Waals surface area contributed by atoms with Gasteiger partial charge in [-0.3, -0.25) is 0 Å². The Morgan fingerprint density at radius 1 is 1.24 bits per heavy atom. The second kappa shape index (κ2) is 10.3. The summed E-state index contributed by atoms with van der Waals surface area (Å²) in [6.07, 6.45) is 11.2. The maximum absolute atomic E-state index is 5.91. The third-order valence-electron chi connectivity index (χ3n) is 3.09. The molecule has 1 rings (SSSR count). The molecule has 0 aromatic carbocycles. The van der Waals surface area contributed by atoms with Crippen LogP contribution in [0, 0.1) is 5.92 Å². The van der Waals surface area contributed by atoms with Crippen molar-refractivity contribution in [3.8, 4) is 0 Å². The summed E-state index contributed by atoms with van der Waals surface area (Å²) in [5.41, 5.74) is 1.11. The van der Waals surface area contributed by atoms with Crippen molar-refractivity contribution in [3.05, 3.63) is 37.0 Å². The molecule has 0 bridgehead atoms. The molecule has 0 amide bonds. The minimum Gasteiger partial charge on any atom is -0.373 e. The van der Waals surface area contributed by atoms with Crippen LogP contribution in [0.2, 0.25) is 0 Å². The lowest BCUT2D eigenvalue weighted by atomic mass is 9.88. The largest absolute Gasteiger partial charge is 0.373 e. The highest BCUT2D eigenvalue weighted by Crippen LogP contribution is 2.26. The van der Waals surface area contributed by atoms with E-state index in [4.69, 9.17) is 4.74 Å². The molecular formula is C16H28O. The Morgan fingerprint density at radius 2 is 1.88 bits per heavy atom. The van der Waals surface area contributed by atoms with Crippen LogP contribution in [0.5, 0.6) is 0 Å². The van der Waals surface area contributed by atoms with Crippen LogP contribution in [0.15, 0.2) is 37.0 Å². The average molecular weight is 236 g/mol. The highest BCUT2D eigenvalue weighted by Gasteiger charge is 2.21. The molecule has 98 valence electrons. The zero-order valence-electron chi connectivity index (χ0n) is 11.7. The van der Waals surface area contributed by atoms with Gasteiger partial charge in [-0.05, 0) is 24.3 Å². The molecule has 0 spiro atoms. The van der Waals surface area contributed by atoms with E-state index in [9.17, 15) is 0 Å². The van der Waals surface area contributed by atoms with E-state index in [1.54, 1.807) is 6.08 Å². The van der Waals surface area contributed by atoms with Crippen molar-refractivity contribution < 1.29 is 4.74 Å². The summed E-state index contributed by atoms with van der Waals surface area (Å²) in [7, 11) is 0. The lowest BCUT2D eigenvalue weighted by Crippen LogP contribution is -2.26. The summed E-state index contributed by atoms with van der Waals surface area (Å²) in [5.74, 6) is 0.702. The smallest absolute Gasteiger partial charge is 0.0720 e. The molecular weight excluding hydrogens is 208 g/mol. The van der Waals surface area contributed by atoms with Gasteiger partial charge in [-0.25, -0.2) is 0 Å². The summed E-state index contributed by atoms with van der Waals surface area (Å²) < 4.78 is 5.91. The molecule has 1 aliphatic carbocycles. The lowest BCUT2D eigenvalue weighted by Gasteiger charge is -2.28. The fraction of sp³-hybridized carbons (Fsp3) is 0.625. The molecule has 17 heavy (non-hydrogen) atoms. The monoisotopic (exact) mass is 236 g/mol. The van der Waals surface area contributed by atoms with Gasteiger partial charge in [0.05, 0.1) is 12.7 Å². The van der Waals surface area contributed by atoms with E-state index in [0.29, 0.717) is 18.6 Å². The molecule has 0 radical (unpaired) electrons. The van der Waals surface area contributed by atoms with Crippen LogP contribution in [-0.2, 0) is 4.74 Å². The Bertz CT molecular complexity index is 240. The molecule has 0 heterocycles. The van der Waals surface area contributed by atoms with E-state index in [2.05, 4.69) is 20.1 Å². The van der Waals surface area contributed by atoms with Crippen molar-refractivity contribution in [2.75, 3.05) is 6.61 Å². The predicted molar refractivity (Wildman–Crippen MR) is 77.2 cm³/mol. The first-order valence-electron chi connectivity index (χ1n) is 6.83. The Kier molecular flexibility index (Phi) is 9.84. The maximum atomic E-state index is 5.91. The molecule has 1 aliphatic rings. The SMILES string of the molecule is C=C/C=C(\C=C)COC1CCCCC1C.CC. The summed E-state index contributed by atoms with van der Waals surface area (Å²) in [6, 6.07) is 0. The molecule has 0 saturated heterocycles. The van der Waals surface area contributed by atoms with E-state index < -0.39 is 0 Å². The van der Waals surface area contributed by atoms with Crippen LogP contribution < -0.4 is 0 Å². The van der Waals surface area contributed by atoms with Gasteiger partial charge in [0.15, 0.2) is 0 Å². The number of hydrogen-bond donors (Lipinski definition) is 0. The minimum absolute atomic E-state index is 0.437. The Morgan fingerprint density at radius 3 is 2.41 bits per heavy atom. The molecule has 0 aromatic heterocycles. The zero-order valence-corrected chi connectivity index (χ0v) is 11.7. The van der Waals surface area contributed by atoms with Crippen LogP contribution in [0.1, 0.15) is 46.5 Å². The second-order valence-electron chi connectivity index (χ2n) is 4.29. The molecule has 0 aromatic rings. The Balaban J connectivity index is 0.00000121. The van der Waals surface area contributed by atoms with Crippen LogP contribution in [0.4, 0.5) is 0 Å². The van der Waals surface area contributed by atoms with Gasteiger partial charge in [-0.2, -0.15) is 0 Å². The Hall–Kier alpha value is -0.820. The summed E-state index contributed by atoms with van der Waals surface area (Å²) in [4.78, 5) is 0. The van der Waals surface area contributed by atoms with Crippen molar-refractivity contribution in [1.82, 2.24) is 0 Å². The molecule has 1 nitrogen and oxygen atoms in total. The summed E-state index contributed by atoms with van der Waals surface area (Å²) in [6.45, 7) is 14.4. The van der Waals surface area contributed by atoms with E-state index in [-0.39, 0.29) is 0 Å². The average Bonchev–Trinajstić information content (AvgIpc) is 2.38. The summed E-state index contributed by atoms with van der Waals surface area (Å²) in [5, 5.41) is 0. The topological polar surface area (TPSA) is 9.23 Å². The molecule has 1 heteroatoms. The first-order valence-corrected chi connectivity index (χ1v) is 6.83. The van der Waals surface area contributed by atoms with Crippen LogP contribution in [0.25, 0.3) is 0 Å². The molecule has 2 atom stereocenters. The van der Waals surface area contributed by atoms with Crippen molar-refractivity contribution >= 4 is 0 Å². The van der Waals surface area contributed by atoms with E-state index in [0.717, 1.165) is 5.57 Å². The standard InChI is InChI=1S/C14H22O.C2H6/c1-4-8-13(5-2)11-15-14-10-7-6-9-12(14)3;1-2/h4-5,8,12,14H,1-2,6-7,9-11H2,3H3;1-2H3/b13-8+;. The third kappa shape index (κ3) is 6.48. The quantitative estimate of drug-likeness (QED) is 0.616. The van der Waals surface area contributed by atoms with Crippen molar-refractivity contribution in [2.24, 2.45) is 5.92 Å². The van der Waals surface area contributed by atoms with Crippen LogP contribution in [-0.4, -0.2) is 12.7 Å². The number of rotatable bonds is 5. The number of allylic oxidation sites excluding steroid dienone is 2. The number of hydrogen-bond acceptors (Lipinski definition) is 1. The Labute approximate surface area is 107 Å². The summed E-state index contributed by atoms with van der Waals surface area (Å²) >= 11 is 0. The minimum atomic E-state index is 0.437. The van der Waals surface area contributed by atoms with Gasteiger partial charge >= 0.3 is 0 Å². The fourth-order valence-corrected chi connectivity index (χ4v) is 2.06. The van der Waals surface area contributed by atoms with Crippen molar-refractivity contribution in [1.29, 1.82) is 0 Å². The van der Waals surface area contributed by atoms with Gasteiger partial charge < -0.3 is 4.74 Å². The van der Waals surface area contributed by atoms with Gasteiger partial charge in [0.25, 0.3) is 0 Å². The number of ether oxygens (including phenoxy) is 1. The van der Waals surface area contributed by atoms with Crippen LogP contribution in [0.3, 0.4) is 0 Å². The van der Waals surface area contributed by atoms with Crippen molar-refractivity contribution in [2.45, 2.75) is 52.6 Å². The van der Waals surface area contributed by atoms with Crippen molar-refractivity contribution in [3.63, 3.8) is 0 Å². The molecule has 2 unspecified atom stereocenters. The molecule has 1 saturated carbocycles. The van der Waals surface area contributed by atoms with E-state index in [1.807, 2.05) is 26.0 Å². The predicted octanol–water partition coefficient (Wildman–Crippen LogP) is 4.91. The zero-order chi connectivity index (χ0) is 13.1. The van der Waals surface area contributed by atoms with Gasteiger partial charge in [-0.15, -0.1) is 0 Å². The van der Waals surface area contributed by atoms with E-state index in [1.165, 1.54) is 25.7 Å². The van der Waals surface area contributed by atoms with Gasteiger partial charge in [0.2, 0.25) is 0 Å². The maximum Gasteiger partial charge on any atom is 0.0720 e. The fourth-order valence-electron chi connectivity index (χ4n) is 2.06. The van der Waals surface area contributed by atoms with Gasteiger partial charge in [-0.1, -0.05) is 65.0 Å². The first kappa shape index (κ1) is 16.2. The van der Waals surface area contributed by atoms with Crippen LogP contribution >= 0.6 is 0 Å². The first-order chi connectivity index (χ1) is 8.27. The molecule has 0 aliphatic heterocycles. The van der Waals surface area contributed by atoms with Gasteiger partial charge in [0.1, 0.15) is 0 Å². The highest BCUT2D eigenvalue weighted by atomic mass is 16.5. The van der Waals surface area contributed by atoms with E-state index >= 15 is 0 Å². The van der Waals surface area contributed by atoms with Gasteiger partial charge in [0, 0.05) is 0 Å².